The van der Waals surface area contributed by atoms with Gasteiger partial charge in [-0.15, -0.1) is 0 Å². The highest BCUT2D eigenvalue weighted by atomic mass is 79.9. The van der Waals surface area contributed by atoms with Gasteiger partial charge in [0.1, 0.15) is 0 Å². The van der Waals surface area contributed by atoms with Crippen LogP contribution in [-0.4, -0.2) is 69.5 Å². The number of carbonyl (C=O) groups excluding carboxylic acids is 1. The molecule has 0 unspecified atom stereocenters. The summed E-state index contributed by atoms with van der Waals surface area (Å²) in [6.45, 7) is 3.76. The molecule has 1 aliphatic rings. The number of carbonyl (C=O) groups is 1. The van der Waals surface area contributed by atoms with Gasteiger partial charge in [-0.1, -0.05) is 45.2 Å². The van der Waals surface area contributed by atoms with Gasteiger partial charge >= 0.3 is 0 Å². The lowest BCUT2D eigenvalue weighted by Crippen LogP contribution is -2.44. The van der Waals surface area contributed by atoms with Crippen molar-refractivity contribution in [3.63, 3.8) is 0 Å². The maximum atomic E-state index is 13.3. The van der Waals surface area contributed by atoms with Crippen molar-refractivity contribution in [2.24, 2.45) is 0 Å². The predicted octanol–water partition coefficient (Wildman–Crippen LogP) is 3.40. The molecule has 0 aromatic heterocycles. The Morgan fingerprint density at radius 1 is 1.09 bits per heavy atom. The Kier molecular flexibility index (Phi) is 9.36. The van der Waals surface area contributed by atoms with E-state index in [2.05, 4.69) is 26.1 Å². The van der Waals surface area contributed by atoms with E-state index < -0.39 is 10.0 Å². The van der Waals surface area contributed by atoms with Crippen molar-refractivity contribution in [3.05, 3.63) is 62.5 Å². The van der Waals surface area contributed by atoms with Crippen molar-refractivity contribution < 1.29 is 17.9 Å². The summed E-state index contributed by atoms with van der Waals surface area (Å²) in [4.78, 5) is 14.9. The van der Waals surface area contributed by atoms with Crippen LogP contribution < -0.4 is 5.32 Å². The summed E-state index contributed by atoms with van der Waals surface area (Å²) in [5, 5.41) is 3.51. The molecule has 2 aromatic rings. The molecule has 1 amide bonds. The molecule has 0 atom stereocenters. The number of nitrogens with zero attached hydrogens (tertiary/aromatic N) is 2. The van der Waals surface area contributed by atoms with Crippen LogP contribution in [0.25, 0.3) is 0 Å². The number of hydrogen-bond donors (Lipinski definition) is 1. The molecule has 0 aliphatic carbocycles. The van der Waals surface area contributed by atoms with Crippen LogP contribution in [0.2, 0.25) is 10.0 Å². The summed E-state index contributed by atoms with van der Waals surface area (Å²) < 4.78 is 33.8. The van der Waals surface area contributed by atoms with Gasteiger partial charge in [-0.05, 0) is 42.0 Å². The van der Waals surface area contributed by atoms with Crippen LogP contribution in [0, 0.1) is 0 Å². The highest BCUT2D eigenvalue weighted by molar-refractivity contribution is 9.10. The standard InChI is InChI=1S/C21H24BrCl2N3O4S/c22-17-2-4-18(5-3-17)32(29,30)27(14-16-1-6-19(23)20(24)13-16)15-21(28)25-7-8-26-9-11-31-12-10-26/h1-6,13H,7-12,14-15H2,(H,25,28). The highest BCUT2D eigenvalue weighted by Crippen LogP contribution is 2.25. The first kappa shape index (κ1) is 25.4. The number of morpholine rings is 1. The number of amides is 1. The molecule has 0 bridgehead atoms. The molecule has 1 aliphatic heterocycles. The lowest BCUT2D eigenvalue weighted by atomic mass is 10.2. The van der Waals surface area contributed by atoms with E-state index >= 15 is 0 Å². The predicted molar refractivity (Wildman–Crippen MR) is 128 cm³/mol. The quantitative estimate of drug-likeness (QED) is 0.505. The van der Waals surface area contributed by atoms with E-state index in [1.807, 2.05) is 0 Å². The molecule has 32 heavy (non-hydrogen) atoms. The van der Waals surface area contributed by atoms with Gasteiger partial charge in [0.2, 0.25) is 15.9 Å². The first-order valence-corrected chi connectivity index (χ1v) is 13.0. The average Bonchev–Trinajstić information content (AvgIpc) is 2.77. The molecular weight excluding hydrogens is 541 g/mol. The Bertz CT molecular complexity index is 1030. The molecule has 1 saturated heterocycles. The lowest BCUT2D eigenvalue weighted by Gasteiger charge is -2.27. The first-order valence-electron chi connectivity index (χ1n) is 10.0. The van der Waals surface area contributed by atoms with Crippen molar-refractivity contribution in [1.29, 1.82) is 0 Å². The number of benzene rings is 2. The van der Waals surface area contributed by atoms with Gasteiger partial charge in [-0.2, -0.15) is 4.31 Å². The van der Waals surface area contributed by atoms with Gasteiger partial charge in [-0.25, -0.2) is 8.42 Å². The second kappa shape index (κ2) is 11.8. The van der Waals surface area contributed by atoms with Crippen LogP contribution in [0.4, 0.5) is 0 Å². The van der Waals surface area contributed by atoms with Crippen LogP contribution in [0.1, 0.15) is 5.56 Å². The topological polar surface area (TPSA) is 79.0 Å². The molecule has 2 aromatic carbocycles. The Morgan fingerprint density at radius 2 is 1.78 bits per heavy atom. The fourth-order valence-electron chi connectivity index (χ4n) is 3.22. The molecule has 174 valence electrons. The molecule has 0 spiro atoms. The number of sulfonamides is 1. The second-order valence-electron chi connectivity index (χ2n) is 7.28. The third-order valence-electron chi connectivity index (χ3n) is 4.97. The summed E-state index contributed by atoms with van der Waals surface area (Å²) in [5.74, 6) is -0.376. The average molecular weight is 565 g/mol. The minimum absolute atomic E-state index is 0.0217. The van der Waals surface area contributed by atoms with Gasteiger partial charge in [0.15, 0.2) is 0 Å². The van der Waals surface area contributed by atoms with E-state index in [1.165, 1.54) is 12.1 Å². The summed E-state index contributed by atoms with van der Waals surface area (Å²) >= 11 is 15.4. The molecule has 7 nitrogen and oxygen atoms in total. The third kappa shape index (κ3) is 7.15. The number of rotatable bonds is 9. The second-order valence-corrected chi connectivity index (χ2v) is 10.9. The summed E-state index contributed by atoms with van der Waals surface area (Å²) in [5.41, 5.74) is 0.626. The van der Waals surface area contributed by atoms with Gasteiger partial charge in [0.25, 0.3) is 0 Å². The van der Waals surface area contributed by atoms with Gasteiger partial charge in [-0.3, -0.25) is 9.69 Å². The van der Waals surface area contributed by atoms with Crippen molar-refractivity contribution in [1.82, 2.24) is 14.5 Å². The van der Waals surface area contributed by atoms with Crippen LogP contribution in [0.3, 0.4) is 0 Å². The largest absolute Gasteiger partial charge is 0.379 e. The summed E-state index contributed by atoms with van der Waals surface area (Å²) in [6.07, 6.45) is 0. The molecule has 1 N–H and O–H groups in total. The summed E-state index contributed by atoms with van der Waals surface area (Å²) in [6, 6.07) is 11.2. The molecule has 0 saturated carbocycles. The van der Waals surface area contributed by atoms with Crippen molar-refractivity contribution in [3.8, 4) is 0 Å². The Balaban J connectivity index is 1.72. The van der Waals surface area contributed by atoms with E-state index in [0.717, 1.165) is 21.9 Å². The highest BCUT2D eigenvalue weighted by Gasteiger charge is 2.27. The van der Waals surface area contributed by atoms with E-state index in [0.29, 0.717) is 41.9 Å². The fraction of sp³-hybridized carbons (Fsp3) is 0.381. The third-order valence-corrected chi connectivity index (χ3v) is 8.04. The number of hydrogen-bond acceptors (Lipinski definition) is 5. The zero-order valence-electron chi connectivity index (χ0n) is 17.3. The van der Waals surface area contributed by atoms with Crippen molar-refractivity contribution >= 4 is 55.1 Å². The molecule has 0 radical (unpaired) electrons. The van der Waals surface area contributed by atoms with E-state index in [1.54, 1.807) is 30.3 Å². The SMILES string of the molecule is O=C(CN(Cc1ccc(Cl)c(Cl)c1)S(=O)(=O)c1ccc(Br)cc1)NCCN1CCOCC1. The van der Waals surface area contributed by atoms with Gasteiger partial charge < -0.3 is 10.1 Å². The van der Waals surface area contributed by atoms with Crippen LogP contribution >= 0.6 is 39.1 Å². The first-order chi connectivity index (χ1) is 15.3. The maximum absolute atomic E-state index is 13.3. The Labute approximate surface area is 206 Å². The normalized spacial score (nSPS) is 15.1. The molecule has 3 rings (SSSR count). The molecular formula is C21H24BrCl2N3O4S. The molecule has 1 heterocycles. The minimum atomic E-state index is -3.93. The zero-order chi connectivity index (χ0) is 23.1. The van der Waals surface area contributed by atoms with Crippen LogP contribution in [-0.2, 0) is 26.1 Å². The molecule has 1 fully saturated rings. The fourth-order valence-corrected chi connectivity index (χ4v) is 5.19. The molecule has 11 heteroatoms. The number of ether oxygens (including phenoxy) is 1. The smallest absolute Gasteiger partial charge is 0.243 e. The van der Waals surface area contributed by atoms with E-state index in [-0.39, 0.29) is 23.9 Å². The minimum Gasteiger partial charge on any atom is -0.379 e. The van der Waals surface area contributed by atoms with E-state index in [9.17, 15) is 13.2 Å². The van der Waals surface area contributed by atoms with Crippen molar-refractivity contribution in [2.45, 2.75) is 11.4 Å². The Morgan fingerprint density at radius 3 is 2.44 bits per heavy atom. The van der Waals surface area contributed by atoms with E-state index in [4.69, 9.17) is 27.9 Å². The zero-order valence-corrected chi connectivity index (χ0v) is 21.2. The monoisotopic (exact) mass is 563 g/mol. The Hall–Kier alpha value is -1.20. The maximum Gasteiger partial charge on any atom is 0.243 e. The summed E-state index contributed by atoms with van der Waals surface area (Å²) in [7, 11) is -3.93. The van der Waals surface area contributed by atoms with Crippen LogP contribution in [0.15, 0.2) is 51.8 Å². The van der Waals surface area contributed by atoms with Crippen LogP contribution in [0.5, 0.6) is 0 Å². The number of halogens is 3. The number of nitrogens with one attached hydrogen (secondary N) is 1. The van der Waals surface area contributed by atoms with Gasteiger partial charge in [0, 0.05) is 37.2 Å². The van der Waals surface area contributed by atoms with Gasteiger partial charge in [0.05, 0.1) is 34.7 Å². The lowest BCUT2D eigenvalue weighted by molar-refractivity contribution is -0.121. The van der Waals surface area contributed by atoms with Crippen molar-refractivity contribution in [2.75, 3.05) is 45.9 Å².